The molecule has 110 valence electrons. The average molecular weight is 265 g/mol. The summed E-state index contributed by atoms with van der Waals surface area (Å²) < 4.78 is 4.90. The van der Waals surface area contributed by atoms with Crippen molar-refractivity contribution in [2.24, 2.45) is 0 Å². The van der Waals surface area contributed by atoms with Crippen LogP contribution in [0.25, 0.3) is 0 Å². The van der Waals surface area contributed by atoms with Crippen molar-refractivity contribution in [3.8, 4) is 0 Å². The number of imidazole rings is 1. The predicted molar refractivity (Wildman–Crippen MR) is 82.4 cm³/mol. The molecule has 1 aromatic rings. The second kappa shape index (κ2) is 9.17. The number of nitrogens with zero attached hydrogens (tertiary/aromatic N) is 2. The molecule has 0 aliphatic heterocycles. The van der Waals surface area contributed by atoms with Gasteiger partial charge in [-0.1, -0.05) is 46.0 Å². The lowest BCUT2D eigenvalue weighted by Gasteiger charge is -2.07. The van der Waals surface area contributed by atoms with Crippen molar-refractivity contribution in [2.45, 2.75) is 91.6 Å². The van der Waals surface area contributed by atoms with Crippen LogP contribution in [0.2, 0.25) is 0 Å². The van der Waals surface area contributed by atoms with Crippen LogP contribution in [0.15, 0.2) is 12.4 Å². The monoisotopic (exact) mass is 265 g/mol. The van der Waals surface area contributed by atoms with Crippen LogP contribution in [0.4, 0.5) is 0 Å². The molecule has 0 radical (unpaired) electrons. The SMILES string of the molecule is CCCCCCCCc1n(C(C)C)cc[n+]1CCC. The van der Waals surface area contributed by atoms with Gasteiger partial charge in [0.05, 0.1) is 12.6 Å². The summed E-state index contributed by atoms with van der Waals surface area (Å²) in [5.41, 5.74) is 0. The summed E-state index contributed by atoms with van der Waals surface area (Å²) in [6.45, 7) is 10.3. The Hall–Kier alpha value is -0.790. The second-order valence-electron chi connectivity index (χ2n) is 5.93. The summed E-state index contributed by atoms with van der Waals surface area (Å²) in [5, 5.41) is 0. The Morgan fingerprint density at radius 2 is 1.68 bits per heavy atom. The number of rotatable bonds is 10. The highest BCUT2D eigenvalue weighted by atomic mass is 15.2. The van der Waals surface area contributed by atoms with Crippen LogP contribution in [0, 0.1) is 0 Å². The van der Waals surface area contributed by atoms with Crippen LogP contribution < -0.4 is 4.57 Å². The first-order valence-electron chi connectivity index (χ1n) is 8.29. The predicted octanol–water partition coefficient (Wildman–Crippen LogP) is 4.67. The number of hydrogen-bond acceptors (Lipinski definition) is 0. The van der Waals surface area contributed by atoms with Gasteiger partial charge in [0.25, 0.3) is 5.82 Å². The molecule has 19 heavy (non-hydrogen) atoms. The largest absolute Gasteiger partial charge is 0.256 e. The van der Waals surface area contributed by atoms with Gasteiger partial charge in [-0.05, 0) is 26.7 Å². The molecule has 0 spiro atoms. The zero-order valence-corrected chi connectivity index (χ0v) is 13.5. The lowest BCUT2D eigenvalue weighted by Crippen LogP contribution is -2.37. The summed E-state index contributed by atoms with van der Waals surface area (Å²) in [6.07, 6.45) is 15.3. The van der Waals surface area contributed by atoms with E-state index < -0.39 is 0 Å². The number of unbranched alkanes of at least 4 members (excludes halogenated alkanes) is 5. The van der Waals surface area contributed by atoms with Gasteiger partial charge >= 0.3 is 0 Å². The number of aryl methyl sites for hydroxylation is 1. The molecular formula is C17H33N2+. The molecule has 0 N–H and O–H groups in total. The quantitative estimate of drug-likeness (QED) is 0.429. The molecule has 0 bridgehead atoms. The number of hydrogen-bond donors (Lipinski definition) is 0. The van der Waals surface area contributed by atoms with Gasteiger partial charge in [-0.3, -0.25) is 0 Å². The first-order chi connectivity index (χ1) is 9.20. The summed E-state index contributed by atoms with van der Waals surface area (Å²) in [4.78, 5) is 0. The van der Waals surface area contributed by atoms with Gasteiger partial charge in [-0.2, -0.15) is 0 Å². The molecule has 0 saturated heterocycles. The minimum atomic E-state index is 0.577. The van der Waals surface area contributed by atoms with E-state index in [1.807, 2.05) is 0 Å². The van der Waals surface area contributed by atoms with Crippen molar-refractivity contribution >= 4 is 0 Å². The van der Waals surface area contributed by atoms with Crippen molar-refractivity contribution < 1.29 is 4.57 Å². The standard InChI is InChI=1S/C17H33N2/c1-5-7-8-9-10-11-12-17-18(13-6-2)14-15-19(17)16(3)4/h14-16H,5-13H2,1-4H3/q+1. The molecule has 0 aliphatic rings. The maximum Gasteiger partial charge on any atom is 0.256 e. The van der Waals surface area contributed by atoms with Gasteiger partial charge in [-0.15, -0.1) is 0 Å². The molecule has 0 aliphatic carbocycles. The van der Waals surface area contributed by atoms with Crippen molar-refractivity contribution in [3.63, 3.8) is 0 Å². The smallest absolute Gasteiger partial charge is 0.234 e. The van der Waals surface area contributed by atoms with Gasteiger partial charge in [0.1, 0.15) is 12.4 Å². The summed E-state index contributed by atoms with van der Waals surface area (Å²) >= 11 is 0. The molecule has 1 aromatic heterocycles. The number of aromatic nitrogens is 2. The Balaban J connectivity index is 2.47. The van der Waals surface area contributed by atoms with E-state index in [0.29, 0.717) is 6.04 Å². The molecule has 0 saturated carbocycles. The minimum Gasteiger partial charge on any atom is -0.234 e. The fourth-order valence-electron chi connectivity index (χ4n) is 2.72. The van der Waals surface area contributed by atoms with E-state index in [9.17, 15) is 0 Å². The third kappa shape index (κ3) is 5.38. The second-order valence-corrected chi connectivity index (χ2v) is 5.93. The van der Waals surface area contributed by atoms with Gasteiger partial charge in [0.2, 0.25) is 0 Å². The van der Waals surface area contributed by atoms with Crippen LogP contribution in [-0.2, 0) is 13.0 Å². The van der Waals surface area contributed by atoms with Gasteiger partial charge in [0, 0.05) is 6.42 Å². The summed E-state index contributed by atoms with van der Waals surface area (Å²) in [6, 6.07) is 0.577. The Morgan fingerprint density at radius 1 is 1.00 bits per heavy atom. The highest BCUT2D eigenvalue weighted by Gasteiger charge is 2.18. The summed E-state index contributed by atoms with van der Waals surface area (Å²) in [5.74, 6) is 1.52. The minimum absolute atomic E-state index is 0.577. The van der Waals surface area contributed by atoms with Crippen LogP contribution >= 0.6 is 0 Å². The first-order valence-corrected chi connectivity index (χ1v) is 8.29. The maximum absolute atomic E-state index is 2.45. The van der Waals surface area contributed by atoms with E-state index in [0.717, 1.165) is 6.54 Å². The molecule has 2 nitrogen and oxygen atoms in total. The molecular weight excluding hydrogens is 232 g/mol. The Morgan fingerprint density at radius 3 is 2.32 bits per heavy atom. The highest BCUT2D eigenvalue weighted by molar-refractivity contribution is 4.86. The van der Waals surface area contributed by atoms with Crippen molar-refractivity contribution in [3.05, 3.63) is 18.2 Å². The van der Waals surface area contributed by atoms with Crippen LogP contribution in [0.5, 0.6) is 0 Å². The molecule has 0 atom stereocenters. The topological polar surface area (TPSA) is 8.81 Å². The lowest BCUT2D eigenvalue weighted by atomic mass is 10.1. The van der Waals surface area contributed by atoms with Crippen molar-refractivity contribution in [1.82, 2.24) is 4.57 Å². The fraction of sp³-hybridized carbons (Fsp3) is 0.824. The lowest BCUT2D eigenvalue weighted by molar-refractivity contribution is -0.704. The molecule has 1 rings (SSSR count). The maximum atomic E-state index is 2.45. The molecule has 0 amide bonds. The van der Waals surface area contributed by atoms with E-state index in [1.165, 1.54) is 57.2 Å². The third-order valence-electron chi connectivity index (χ3n) is 3.81. The van der Waals surface area contributed by atoms with E-state index >= 15 is 0 Å². The molecule has 0 unspecified atom stereocenters. The normalized spacial score (nSPS) is 11.4. The zero-order chi connectivity index (χ0) is 14.1. The average Bonchev–Trinajstić information content (AvgIpc) is 2.77. The first kappa shape index (κ1) is 16.3. The Bertz CT molecular complexity index is 339. The zero-order valence-electron chi connectivity index (χ0n) is 13.5. The van der Waals surface area contributed by atoms with Gasteiger partial charge < -0.3 is 0 Å². The van der Waals surface area contributed by atoms with E-state index in [2.05, 4.69) is 49.2 Å². The van der Waals surface area contributed by atoms with Crippen LogP contribution in [0.1, 0.15) is 84.5 Å². The Kier molecular flexibility index (Phi) is 7.85. The Labute approximate surface area is 119 Å². The van der Waals surface area contributed by atoms with E-state index in [4.69, 9.17) is 0 Å². The van der Waals surface area contributed by atoms with Gasteiger partial charge in [0.15, 0.2) is 0 Å². The van der Waals surface area contributed by atoms with Crippen LogP contribution in [-0.4, -0.2) is 4.57 Å². The molecule has 2 heteroatoms. The van der Waals surface area contributed by atoms with Crippen molar-refractivity contribution in [2.75, 3.05) is 0 Å². The highest BCUT2D eigenvalue weighted by Crippen LogP contribution is 2.12. The fourth-order valence-corrected chi connectivity index (χ4v) is 2.72. The van der Waals surface area contributed by atoms with E-state index in [1.54, 1.807) is 0 Å². The van der Waals surface area contributed by atoms with Crippen LogP contribution in [0.3, 0.4) is 0 Å². The summed E-state index contributed by atoms with van der Waals surface area (Å²) in [7, 11) is 0. The van der Waals surface area contributed by atoms with Crippen molar-refractivity contribution in [1.29, 1.82) is 0 Å². The molecule has 0 fully saturated rings. The molecule has 0 aromatic carbocycles. The third-order valence-corrected chi connectivity index (χ3v) is 3.81. The van der Waals surface area contributed by atoms with E-state index in [-0.39, 0.29) is 0 Å². The molecule has 1 heterocycles. The van der Waals surface area contributed by atoms with Gasteiger partial charge in [-0.25, -0.2) is 9.13 Å².